The van der Waals surface area contributed by atoms with E-state index in [4.69, 9.17) is 25.7 Å². The Labute approximate surface area is 137 Å². The number of carbonyl (C=O) groups is 1. The molecular weight excluding hydrogens is 315 g/mol. The molecule has 0 radical (unpaired) electrons. The van der Waals surface area contributed by atoms with Gasteiger partial charge >= 0.3 is 0 Å². The lowest BCUT2D eigenvalue weighted by molar-refractivity contribution is 0.100. The van der Waals surface area contributed by atoms with Crippen molar-refractivity contribution in [3.63, 3.8) is 0 Å². The predicted molar refractivity (Wildman–Crippen MR) is 83.7 cm³/mol. The number of hydrogen-bond acceptors (Lipinski definition) is 5. The normalized spacial score (nSPS) is 17.5. The van der Waals surface area contributed by atoms with Gasteiger partial charge < -0.3 is 25.7 Å². The molecule has 6 nitrogen and oxygen atoms in total. The lowest BCUT2D eigenvalue weighted by Crippen LogP contribution is -2.24. The van der Waals surface area contributed by atoms with Crippen molar-refractivity contribution in [3.05, 3.63) is 41.2 Å². The molecular formula is C17H15FN2O4. The van der Waals surface area contributed by atoms with Crippen LogP contribution in [-0.2, 0) is 6.42 Å². The zero-order valence-electron chi connectivity index (χ0n) is 12.7. The molecule has 124 valence electrons. The van der Waals surface area contributed by atoms with E-state index in [1.165, 1.54) is 18.2 Å². The Balaban J connectivity index is 1.93. The first-order valence-electron chi connectivity index (χ1n) is 7.49. The molecule has 4 N–H and O–H groups in total. The predicted octanol–water partition coefficient (Wildman–Crippen LogP) is 1.58. The molecule has 24 heavy (non-hydrogen) atoms. The standard InChI is InChI=1S/C17H15FN2O4/c18-9-1-8-2-10(6-19)24-16(8)12(3-9)11-4-14-15(23-7-22-14)5-13(11)17(20)21/h1,3-5,10H,2,6-7,19H2,(H2,20,21)/t10-/m1/s1. The number of amides is 1. The molecule has 7 heteroatoms. The third-order valence-corrected chi connectivity index (χ3v) is 4.19. The highest BCUT2D eigenvalue weighted by Crippen LogP contribution is 2.44. The topological polar surface area (TPSA) is 96.8 Å². The molecule has 0 aliphatic carbocycles. The van der Waals surface area contributed by atoms with Gasteiger partial charge in [-0.1, -0.05) is 0 Å². The van der Waals surface area contributed by atoms with Crippen molar-refractivity contribution in [3.8, 4) is 28.4 Å². The summed E-state index contributed by atoms with van der Waals surface area (Å²) < 4.78 is 30.6. The fraction of sp³-hybridized carbons (Fsp3) is 0.235. The molecule has 2 aliphatic heterocycles. The number of fused-ring (bicyclic) bond motifs is 2. The van der Waals surface area contributed by atoms with E-state index < -0.39 is 11.7 Å². The van der Waals surface area contributed by atoms with E-state index in [9.17, 15) is 9.18 Å². The summed E-state index contributed by atoms with van der Waals surface area (Å²) in [6, 6.07) is 5.87. The van der Waals surface area contributed by atoms with Gasteiger partial charge in [-0.25, -0.2) is 4.39 Å². The maximum atomic E-state index is 14.1. The average Bonchev–Trinajstić information content (AvgIpc) is 3.18. The van der Waals surface area contributed by atoms with Gasteiger partial charge in [0.25, 0.3) is 0 Å². The molecule has 2 aromatic carbocycles. The SMILES string of the molecule is NC[C@H]1Cc2cc(F)cc(-c3cc4c(cc3C(N)=O)OCO4)c2O1. The van der Waals surface area contributed by atoms with Crippen LogP contribution in [0.4, 0.5) is 4.39 Å². The molecule has 2 aliphatic rings. The van der Waals surface area contributed by atoms with E-state index >= 15 is 0 Å². The van der Waals surface area contributed by atoms with Crippen molar-refractivity contribution in [1.82, 2.24) is 0 Å². The molecule has 0 aromatic heterocycles. The van der Waals surface area contributed by atoms with Crippen LogP contribution in [0.25, 0.3) is 11.1 Å². The molecule has 2 aromatic rings. The molecule has 0 unspecified atom stereocenters. The first kappa shape index (κ1) is 14.8. The second-order valence-electron chi connectivity index (χ2n) is 5.74. The van der Waals surface area contributed by atoms with Gasteiger partial charge in [0, 0.05) is 29.7 Å². The molecule has 0 fully saturated rings. The number of ether oxygens (including phenoxy) is 3. The average molecular weight is 330 g/mol. The Morgan fingerprint density at radius 3 is 2.62 bits per heavy atom. The lowest BCUT2D eigenvalue weighted by Gasteiger charge is -2.14. The van der Waals surface area contributed by atoms with Gasteiger partial charge in [-0.3, -0.25) is 4.79 Å². The third-order valence-electron chi connectivity index (χ3n) is 4.19. The third kappa shape index (κ3) is 2.25. The van der Waals surface area contributed by atoms with Crippen LogP contribution in [-0.4, -0.2) is 25.3 Å². The van der Waals surface area contributed by atoms with Gasteiger partial charge in [-0.15, -0.1) is 0 Å². The molecule has 2 heterocycles. The fourth-order valence-electron chi connectivity index (χ4n) is 3.09. The second-order valence-corrected chi connectivity index (χ2v) is 5.74. The molecule has 0 bridgehead atoms. The highest BCUT2D eigenvalue weighted by atomic mass is 19.1. The fourth-order valence-corrected chi connectivity index (χ4v) is 3.09. The van der Waals surface area contributed by atoms with Gasteiger partial charge in [-0.2, -0.15) is 0 Å². The van der Waals surface area contributed by atoms with Crippen LogP contribution in [0.15, 0.2) is 24.3 Å². The minimum atomic E-state index is -0.644. The van der Waals surface area contributed by atoms with Crippen molar-refractivity contribution >= 4 is 5.91 Å². The van der Waals surface area contributed by atoms with Gasteiger partial charge in [-0.05, 0) is 24.3 Å². The Morgan fingerprint density at radius 1 is 1.17 bits per heavy atom. The van der Waals surface area contributed by atoms with E-state index in [2.05, 4.69) is 0 Å². The lowest BCUT2D eigenvalue weighted by atomic mass is 9.95. The maximum absolute atomic E-state index is 14.1. The van der Waals surface area contributed by atoms with Gasteiger partial charge in [0.15, 0.2) is 11.5 Å². The van der Waals surface area contributed by atoms with Crippen LogP contribution >= 0.6 is 0 Å². The number of carbonyl (C=O) groups excluding carboxylic acids is 1. The summed E-state index contributed by atoms with van der Waals surface area (Å²) in [5.74, 6) is 0.365. The molecule has 0 spiro atoms. The molecule has 1 atom stereocenters. The maximum Gasteiger partial charge on any atom is 0.249 e. The summed E-state index contributed by atoms with van der Waals surface area (Å²) in [4.78, 5) is 11.9. The molecule has 0 saturated carbocycles. The number of primary amides is 1. The summed E-state index contributed by atoms with van der Waals surface area (Å²) in [6.45, 7) is 0.379. The van der Waals surface area contributed by atoms with Crippen LogP contribution in [0.3, 0.4) is 0 Å². The van der Waals surface area contributed by atoms with E-state index in [0.29, 0.717) is 46.9 Å². The van der Waals surface area contributed by atoms with Crippen LogP contribution in [0.1, 0.15) is 15.9 Å². The van der Waals surface area contributed by atoms with Crippen molar-refractivity contribution in [2.75, 3.05) is 13.3 Å². The van der Waals surface area contributed by atoms with E-state index in [0.717, 1.165) is 0 Å². The summed E-state index contributed by atoms with van der Waals surface area (Å²) >= 11 is 0. The molecule has 0 saturated heterocycles. The minimum absolute atomic E-state index is 0.0595. The number of nitrogens with two attached hydrogens (primary N) is 2. The van der Waals surface area contributed by atoms with Crippen LogP contribution in [0.5, 0.6) is 17.2 Å². The first-order chi connectivity index (χ1) is 11.6. The van der Waals surface area contributed by atoms with Crippen molar-refractivity contribution in [2.24, 2.45) is 11.5 Å². The van der Waals surface area contributed by atoms with Crippen molar-refractivity contribution in [2.45, 2.75) is 12.5 Å². The monoisotopic (exact) mass is 330 g/mol. The van der Waals surface area contributed by atoms with E-state index in [1.54, 1.807) is 6.07 Å². The Morgan fingerprint density at radius 2 is 1.92 bits per heavy atom. The van der Waals surface area contributed by atoms with Gasteiger partial charge in [0.1, 0.15) is 17.7 Å². The second kappa shape index (κ2) is 5.38. The molecule has 4 rings (SSSR count). The number of hydrogen-bond donors (Lipinski definition) is 2. The van der Waals surface area contributed by atoms with E-state index in [-0.39, 0.29) is 18.5 Å². The van der Waals surface area contributed by atoms with Crippen LogP contribution in [0.2, 0.25) is 0 Å². The van der Waals surface area contributed by atoms with E-state index in [1.807, 2.05) is 0 Å². The zero-order valence-corrected chi connectivity index (χ0v) is 12.7. The summed E-state index contributed by atoms with van der Waals surface area (Å²) in [5, 5.41) is 0. The Bertz CT molecular complexity index is 853. The zero-order chi connectivity index (χ0) is 16.8. The minimum Gasteiger partial charge on any atom is -0.488 e. The quantitative estimate of drug-likeness (QED) is 0.891. The summed E-state index contributed by atoms with van der Waals surface area (Å²) in [5.41, 5.74) is 13.0. The number of rotatable bonds is 3. The highest BCUT2D eigenvalue weighted by molar-refractivity contribution is 6.01. The largest absolute Gasteiger partial charge is 0.488 e. The molecule has 1 amide bonds. The Hall–Kier alpha value is -2.80. The van der Waals surface area contributed by atoms with Crippen molar-refractivity contribution < 1.29 is 23.4 Å². The Kier molecular flexibility index (Phi) is 3.31. The smallest absolute Gasteiger partial charge is 0.249 e. The summed E-state index contributed by atoms with van der Waals surface area (Å²) in [6.07, 6.45) is 0.305. The summed E-state index contributed by atoms with van der Waals surface area (Å²) in [7, 11) is 0. The number of benzene rings is 2. The van der Waals surface area contributed by atoms with Gasteiger partial charge in [0.2, 0.25) is 12.7 Å². The van der Waals surface area contributed by atoms with Gasteiger partial charge in [0.05, 0.1) is 5.56 Å². The van der Waals surface area contributed by atoms with Crippen molar-refractivity contribution in [1.29, 1.82) is 0 Å². The number of halogens is 1. The van der Waals surface area contributed by atoms with Crippen LogP contribution in [0, 0.1) is 5.82 Å². The first-order valence-corrected chi connectivity index (χ1v) is 7.49. The van der Waals surface area contributed by atoms with Crippen LogP contribution < -0.4 is 25.7 Å². The highest BCUT2D eigenvalue weighted by Gasteiger charge is 2.29.